The normalized spacial score (nSPS) is 15.5. The Morgan fingerprint density at radius 1 is 1.00 bits per heavy atom. The summed E-state index contributed by atoms with van der Waals surface area (Å²) in [7, 11) is 0. The van der Waals surface area contributed by atoms with E-state index in [4.69, 9.17) is 4.84 Å². The Morgan fingerprint density at radius 3 is 2.50 bits per heavy atom. The molecule has 2 aromatic rings. The molecule has 0 unspecified atom stereocenters. The van der Waals surface area contributed by atoms with Crippen molar-refractivity contribution in [1.29, 1.82) is 0 Å². The summed E-state index contributed by atoms with van der Waals surface area (Å²) in [6.07, 6.45) is 10.3. The topological polar surface area (TPSA) is 21.6 Å². The highest BCUT2D eigenvalue weighted by Gasteiger charge is 2.17. The van der Waals surface area contributed by atoms with Crippen LogP contribution in [-0.4, -0.2) is 6.21 Å². The second-order valence-corrected chi connectivity index (χ2v) is 6.42. The fraction of sp³-hybridized carbons (Fsp3) is 0.318. The molecule has 2 aromatic carbocycles. The van der Waals surface area contributed by atoms with Crippen molar-refractivity contribution >= 4 is 12.3 Å². The van der Waals surface area contributed by atoms with Crippen molar-refractivity contribution in [2.24, 2.45) is 5.16 Å². The fourth-order valence-electron chi connectivity index (χ4n) is 3.37. The minimum atomic E-state index is 0.486. The average molecular weight is 319 g/mol. The summed E-state index contributed by atoms with van der Waals surface area (Å²) >= 11 is 0. The van der Waals surface area contributed by atoms with Crippen LogP contribution in [0, 0.1) is 0 Å². The molecule has 1 aliphatic carbocycles. The van der Waals surface area contributed by atoms with Crippen LogP contribution >= 0.6 is 0 Å². The van der Waals surface area contributed by atoms with E-state index in [0.29, 0.717) is 12.5 Å². The number of hydrogen-bond acceptors (Lipinski definition) is 2. The summed E-state index contributed by atoms with van der Waals surface area (Å²) in [5, 5.41) is 4.19. The second-order valence-electron chi connectivity index (χ2n) is 6.42. The third-order valence-corrected chi connectivity index (χ3v) is 4.75. The minimum absolute atomic E-state index is 0.486. The number of benzene rings is 2. The van der Waals surface area contributed by atoms with Crippen molar-refractivity contribution < 1.29 is 4.84 Å². The van der Waals surface area contributed by atoms with Gasteiger partial charge >= 0.3 is 0 Å². The van der Waals surface area contributed by atoms with Gasteiger partial charge in [0.25, 0.3) is 0 Å². The molecular formula is C22H25NO. The quantitative estimate of drug-likeness (QED) is 0.478. The summed E-state index contributed by atoms with van der Waals surface area (Å²) < 4.78 is 0. The lowest BCUT2D eigenvalue weighted by Crippen LogP contribution is -2.07. The molecule has 1 saturated carbocycles. The van der Waals surface area contributed by atoms with Gasteiger partial charge in [0.15, 0.2) is 0 Å². The van der Waals surface area contributed by atoms with Crippen molar-refractivity contribution in [3.8, 4) is 0 Å². The highest BCUT2D eigenvalue weighted by atomic mass is 16.6. The molecule has 1 aliphatic rings. The van der Waals surface area contributed by atoms with Crippen LogP contribution in [0.4, 0.5) is 0 Å². The van der Waals surface area contributed by atoms with Gasteiger partial charge in [0.2, 0.25) is 0 Å². The lowest BCUT2D eigenvalue weighted by atomic mass is 9.82. The van der Waals surface area contributed by atoms with Gasteiger partial charge in [-0.25, -0.2) is 0 Å². The molecule has 0 radical (unpaired) electrons. The smallest absolute Gasteiger partial charge is 0.142 e. The fourth-order valence-corrected chi connectivity index (χ4v) is 3.37. The summed E-state index contributed by atoms with van der Waals surface area (Å²) in [5.41, 5.74) is 4.83. The zero-order chi connectivity index (χ0) is 16.6. The number of oxime groups is 1. The van der Waals surface area contributed by atoms with Crippen molar-refractivity contribution in [1.82, 2.24) is 0 Å². The molecular weight excluding hydrogens is 294 g/mol. The standard InChI is InChI=1S/C22H25NO/c1-2-18-12-14-19(15-13-18)17-24-23-16-21-10-6-7-11-22(21)20-8-4-3-5-9-20/h2,6-7,10-16,20H,1,3-5,8-9,17H2. The zero-order valence-corrected chi connectivity index (χ0v) is 14.2. The monoisotopic (exact) mass is 319 g/mol. The first-order valence-corrected chi connectivity index (χ1v) is 8.82. The first kappa shape index (κ1) is 16.5. The molecule has 0 bridgehead atoms. The molecule has 3 rings (SSSR count). The molecule has 2 nitrogen and oxygen atoms in total. The Balaban J connectivity index is 1.60. The summed E-state index contributed by atoms with van der Waals surface area (Å²) in [6.45, 7) is 4.25. The van der Waals surface area contributed by atoms with Gasteiger partial charge < -0.3 is 4.84 Å². The third kappa shape index (κ3) is 4.35. The van der Waals surface area contributed by atoms with E-state index in [1.54, 1.807) is 0 Å². The summed E-state index contributed by atoms with van der Waals surface area (Å²) in [5.74, 6) is 0.674. The van der Waals surface area contributed by atoms with E-state index in [-0.39, 0.29) is 0 Å². The first-order valence-electron chi connectivity index (χ1n) is 8.82. The van der Waals surface area contributed by atoms with Crippen LogP contribution in [0.25, 0.3) is 6.08 Å². The number of rotatable bonds is 6. The number of nitrogens with zero attached hydrogens (tertiary/aromatic N) is 1. The maximum atomic E-state index is 5.48. The van der Waals surface area contributed by atoms with Crippen LogP contribution in [0.15, 0.2) is 60.3 Å². The lowest BCUT2D eigenvalue weighted by Gasteiger charge is -2.23. The molecule has 0 amide bonds. The molecule has 0 N–H and O–H groups in total. The highest BCUT2D eigenvalue weighted by Crippen LogP contribution is 2.33. The van der Waals surface area contributed by atoms with Gasteiger partial charge in [0.05, 0.1) is 6.21 Å². The van der Waals surface area contributed by atoms with E-state index in [1.165, 1.54) is 43.2 Å². The predicted molar refractivity (Wildman–Crippen MR) is 101 cm³/mol. The van der Waals surface area contributed by atoms with Gasteiger partial charge in [-0.3, -0.25) is 0 Å². The van der Waals surface area contributed by atoms with Crippen LogP contribution in [-0.2, 0) is 11.4 Å². The Hall–Kier alpha value is -2.35. The van der Waals surface area contributed by atoms with Crippen molar-refractivity contribution in [3.05, 3.63) is 77.4 Å². The SMILES string of the molecule is C=Cc1ccc(CON=Cc2ccccc2C2CCCCC2)cc1. The van der Waals surface area contributed by atoms with Crippen LogP contribution in [0.3, 0.4) is 0 Å². The van der Waals surface area contributed by atoms with Crippen molar-refractivity contribution in [2.75, 3.05) is 0 Å². The van der Waals surface area contributed by atoms with Crippen molar-refractivity contribution in [3.63, 3.8) is 0 Å². The summed E-state index contributed by atoms with van der Waals surface area (Å²) in [6, 6.07) is 16.7. The van der Waals surface area contributed by atoms with Crippen LogP contribution in [0.1, 0.15) is 60.3 Å². The third-order valence-electron chi connectivity index (χ3n) is 4.75. The van der Waals surface area contributed by atoms with E-state index in [2.05, 4.69) is 36.0 Å². The Morgan fingerprint density at radius 2 is 1.75 bits per heavy atom. The van der Waals surface area contributed by atoms with Gasteiger partial charge in [0, 0.05) is 0 Å². The molecule has 0 atom stereocenters. The van der Waals surface area contributed by atoms with Gasteiger partial charge in [-0.2, -0.15) is 0 Å². The molecule has 0 aliphatic heterocycles. The van der Waals surface area contributed by atoms with Crippen LogP contribution < -0.4 is 0 Å². The Labute approximate surface area is 144 Å². The lowest BCUT2D eigenvalue weighted by molar-refractivity contribution is 0.132. The second kappa shape index (κ2) is 8.49. The van der Waals surface area contributed by atoms with Crippen molar-refractivity contribution in [2.45, 2.75) is 44.6 Å². The maximum absolute atomic E-state index is 5.48. The first-order chi connectivity index (χ1) is 11.9. The average Bonchev–Trinajstić information content (AvgIpc) is 2.67. The van der Waals surface area contributed by atoms with Crippen LogP contribution in [0.5, 0.6) is 0 Å². The Kier molecular flexibility index (Phi) is 5.84. The van der Waals surface area contributed by atoms with Crippen LogP contribution in [0.2, 0.25) is 0 Å². The molecule has 0 aromatic heterocycles. The highest BCUT2D eigenvalue weighted by molar-refractivity contribution is 5.81. The molecule has 1 fully saturated rings. The van der Waals surface area contributed by atoms with Gasteiger partial charge in [-0.1, -0.05) is 85.6 Å². The van der Waals surface area contributed by atoms with E-state index >= 15 is 0 Å². The van der Waals surface area contributed by atoms with E-state index < -0.39 is 0 Å². The minimum Gasteiger partial charge on any atom is -0.391 e. The molecule has 0 saturated heterocycles. The summed E-state index contributed by atoms with van der Waals surface area (Å²) in [4.78, 5) is 5.48. The van der Waals surface area contributed by atoms with Gasteiger partial charge in [0.1, 0.15) is 6.61 Å². The van der Waals surface area contributed by atoms with E-state index in [1.807, 2.05) is 36.6 Å². The van der Waals surface area contributed by atoms with Gasteiger partial charge in [-0.15, -0.1) is 0 Å². The van der Waals surface area contributed by atoms with E-state index in [0.717, 1.165) is 11.1 Å². The Bertz CT molecular complexity index is 681. The molecule has 0 spiro atoms. The number of hydrogen-bond donors (Lipinski definition) is 0. The predicted octanol–water partition coefficient (Wildman–Crippen LogP) is 5.93. The van der Waals surface area contributed by atoms with Gasteiger partial charge in [-0.05, 0) is 41.0 Å². The maximum Gasteiger partial charge on any atom is 0.142 e. The molecule has 124 valence electrons. The zero-order valence-electron chi connectivity index (χ0n) is 14.2. The van der Waals surface area contributed by atoms with E-state index in [9.17, 15) is 0 Å². The molecule has 24 heavy (non-hydrogen) atoms. The largest absolute Gasteiger partial charge is 0.391 e. The molecule has 0 heterocycles. The molecule has 2 heteroatoms.